The Morgan fingerprint density at radius 1 is 0.969 bits per heavy atom. The van der Waals surface area contributed by atoms with E-state index in [-0.39, 0.29) is 5.56 Å². The molecule has 0 radical (unpaired) electrons. The minimum absolute atomic E-state index is 0.0216. The van der Waals surface area contributed by atoms with Crippen LogP contribution in [-0.2, 0) is 12.2 Å². The van der Waals surface area contributed by atoms with Crippen LogP contribution >= 0.6 is 23.1 Å². The summed E-state index contributed by atoms with van der Waals surface area (Å²) in [6, 6.07) is 23.0. The average molecular weight is 457 g/mol. The van der Waals surface area contributed by atoms with Gasteiger partial charge in [0.15, 0.2) is 5.16 Å². The molecular weight excluding hydrogens is 432 g/mol. The van der Waals surface area contributed by atoms with Crippen LogP contribution in [0.1, 0.15) is 28.5 Å². The average Bonchev–Trinajstić information content (AvgIpc) is 3.14. The predicted molar refractivity (Wildman–Crippen MR) is 138 cm³/mol. The molecule has 2 aromatic heterocycles. The first-order valence-corrected chi connectivity index (χ1v) is 12.6. The van der Waals surface area contributed by atoms with Gasteiger partial charge in [-0.1, -0.05) is 78.8 Å². The van der Waals surface area contributed by atoms with Gasteiger partial charge in [-0.25, -0.2) is 4.98 Å². The molecule has 0 aliphatic carbocycles. The summed E-state index contributed by atoms with van der Waals surface area (Å²) in [6.45, 7) is 6.23. The summed E-state index contributed by atoms with van der Waals surface area (Å²) in [5, 5.41) is 3.95. The van der Waals surface area contributed by atoms with Crippen molar-refractivity contribution in [3.8, 4) is 5.69 Å². The largest absolute Gasteiger partial charge is 0.268 e. The van der Waals surface area contributed by atoms with E-state index in [0.717, 1.165) is 38.8 Å². The summed E-state index contributed by atoms with van der Waals surface area (Å²) in [5.41, 5.74) is 4.33. The number of thiophene rings is 1. The van der Waals surface area contributed by atoms with Gasteiger partial charge in [0.2, 0.25) is 0 Å². The molecule has 0 spiro atoms. The third-order valence-corrected chi connectivity index (χ3v) is 8.17. The predicted octanol–water partition coefficient (Wildman–Crippen LogP) is 7.07. The lowest BCUT2D eigenvalue weighted by Crippen LogP contribution is -2.21. The zero-order chi connectivity index (χ0) is 22.2. The lowest BCUT2D eigenvalue weighted by molar-refractivity contribution is 0.821. The highest BCUT2D eigenvalue weighted by atomic mass is 32.2. The van der Waals surface area contributed by atoms with Crippen molar-refractivity contribution < 1.29 is 0 Å². The zero-order valence-electron chi connectivity index (χ0n) is 18.4. The van der Waals surface area contributed by atoms with Gasteiger partial charge in [-0.15, -0.1) is 11.3 Å². The molecule has 0 saturated carbocycles. The number of rotatable bonds is 5. The van der Waals surface area contributed by atoms with Crippen molar-refractivity contribution in [2.75, 3.05) is 0 Å². The number of nitrogens with zero attached hydrogens (tertiary/aromatic N) is 2. The van der Waals surface area contributed by atoms with Crippen molar-refractivity contribution in [2.24, 2.45) is 0 Å². The number of hydrogen-bond acceptors (Lipinski definition) is 4. The molecule has 160 valence electrons. The fraction of sp³-hybridized carbons (Fsp3) is 0.185. The molecule has 5 aromatic rings. The maximum atomic E-state index is 13.7. The van der Waals surface area contributed by atoms with Gasteiger partial charge >= 0.3 is 0 Å². The minimum atomic E-state index is 0.0216. The van der Waals surface area contributed by atoms with Gasteiger partial charge in [-0.2, -0.15) is 0 Å². The maximum Gasteiger partial charge on any atom is 0.267 e. The van der Waals surface area contributed by atoms with Crippen molar-refractivity contribution in [1.29, 1.82) is 0 Å². The number of thioether (sulfide) groups is 1. The first-order valence-electron chi connectivity index (χ1n) is 10.8. The van der Waals surface area contributed by atoms with Gasteiger partial charge < -0.3 is 0 Å². The Hall–Kier alpha value is -2.89. The van der Waals surface area contributed by atoms with Gasteiger partial charge in [0.1, 0.15) is 4.83 Å². The number of aromatic nitrogens is 2. The molecule has 0 fully saturated rings. The van der Waals surface area contributed by atoms with Crippen molar-refractivity contribution in [1.82, 2.24) is 9.55 Å². The van der Waals surface area contributed by atoms with Gasteiger partial charge in [0.05, 0.1) is 11.1 Å². The van der Waals surface area contributed by atoms with E-state index < -0.39 is 0 Å². The Labute approximate surface area is 195 Å². The molecule has 3 aromatic carbocycles. The summed E-state index contributed by atoms with van der Waals surface area (Å²) in [7, 11) is 0. The standard InChI is InChI=1S/C27H24N2OS2/c1-4-23-18(3)24-25(32-23)28-27(29(26(24)30)22-13-9-17(2)10-14-22)31-16-19-11-12-20-7-5-6-8-21(20)15-19/h5-15H,4,16H2,1-3H3. The van der Waals surface area contributed by atoms with Crippen LogP contribution in [0.2, 0.25) is 0 Å². The fourth-order valence-corrected chi connectivity index (χ4v) is 6.16. The van der Waals surface area contributed by atoms with Gasteiger partial charge in [-0.05, 0) is 54.3 Å². The van der Waals surface area contributed by atoms with Gasteiger partial charge in [0, 0.05) is 10.6 Å². The van der Waals surface area contributed by atoms with Gasteiger partial charge in [-0.3, -0.25) is 9.36 Å². The van der Waals surface area contributed by atoms with E-state index >= 15 is 0 Å². The normalized spacial score (nSPS) is 11.5. The van der Waals surface area contributed by atoms with Gasteiger partial charge in [0.25, 0.3) is 5.56 Å². The quantitative estimate of drug-likeness (QED) is 0.209. The SMILES string of the molecule is CCc1sc2nc(SCc3ccc4ccccc4c3)n(-c3ccc(C)cc3)c(=O)c2c1C. The molecule has 2 heterocycles. The van der Waals surface area contributed by atoms with Crippen LogP contribution in [0.4, 0.5) is 0 Å². The zero-order valence-corrected chi connectivity index (χ0v) is 20.0. The Bertz CT molecular complexity index is 1500. The van der Waals surface area contributed by atoms with Crippen molar-refractivity contribution in [2.45, 2.75) is 38.1 Å². The molecule has 3 nitrogen and oxygen atoms in total. The smallest absolute Gasteiger partial charge is 0.267 e. The Kier molecular flexibility index (Phi) is 5.62. The van der Waals surface area contributed by atoms with E-state index in [4.69, 9.17) is 4.98 Å². The lowest BCUT2D eigenvalue weighted by atomic mass is 10.1. The maximum absolute atomic E-state index is 13.7. The van der Waals surface area contributed by atoms with Crippen LogP contribution in [0.3, 0.4) is 0 Å². The minimum Gasteiger partial charge on any atom is -0.268 e. The van der Waals surface area contributed by atoms with E-state index in [0.29, 0.717) is 0 Å². The summed E-state index contributed by atoms with van der Waals surface area (Å²) < 4.78 is 1.78. The molecule has 0 unspecified atom stereocenters. The first kappa shape index (κ1) is 21.0. The lowest BCUT2D eigenvalue weighted by Gasteiger charge is -2.13. The molecule has 5 heteroatoms. The molecule has 0 amide bonds. The number of benzene rings is 3. The van der Waals surface area contributed by atoms with Crippen LogP contribution in [0, 0.1) is 13.8 Å². The van der Waals surface area contributed by atoms with E-state index in [2.05, 4.69) is 56.3 Å². The second-order valence-corrected chi connectivity index (χ2v) is 10.1. The van der Waals surface area contributed by atoms with Crippen LogP contribution in [0.15, 0.2) is 76.7 Å². The third-order valence-electron chi connectivity index (χ3n) is 5.83. The van der Waals surface area contributed by atoms with Crippen LogP contribution in [-0.4, -0.2) is 9.55 Å². The van der Waals surface area contributed by atoms with Crippen molar-refractivity contribution >= 4 is 44.1 Å². The highest BCUT2D eigenvalue weighted by Gasteiger charge is 2.19. The second kappa shape index (κ2) is 8.57. The van der Waals surface area contributed by atoms with Crippen molar-refractivity contribution in [3.05, 3.63) is 98.7 Å². The van der Waals surface area contributed by atoms with Crippen LogP contribution in [0.25, 0.3) is 26.7 Å². The van der Waals surface area contributed by atoms with Crippen LogP contribution in [0.5, 0.6) is 0 Å². The van der Waals surface area contributed by atoms with Crippen LogP contribution < -0.4 is 5.56 Å². The number of aryl methyl sites for hydroxylation is 3. The monoisotopic (exact) mass is 456 g/mol. The highest BCUT2D eigenvalue weighted by molar-refractivity contribution is 7.98. The first-order chi connectivity index (χ1) is 15.5. The molecule has 0 aliphatic heterocycles. The molecule has 32 heavy (non-hydrogen) atoms. The summed E-state index contributed by atoms with van der Waals surface area (Å²) in [4.78, 5) is 20.7. The molecule has 0 atom stereocenters. The third kappa shape index (κ3) is 3.76. The van der Waals surface area contributed by atoms with E-state index in [9.17, 15) is 4.79 Å². The Morgan fingerprint density at radius 2 is 1.72 bits per heavy atom. The topological polar surface area (TPSA) is 34.9 Å². The molecule has 0 bridgehead atoms. The molecule has 0 saturated heterocycles. The number of fused-ring (bicyclic) bond motifs is 2. The molecular formula is C27H24N2OS2. The summed E-state index contributed by atoms with van der Waals surface area (Å²) >= 11 is 3.26. The molecule has 5 rings (SSSR count). The molecule has 0 aliphatic rings. The summed E-state index contributed by atoms with van der Waals surface area (Å²) in [5.74, 6) is 0.750. The highest BCUT2D eigenvalue weighted by Crippen LogP contribution is 2.32. The van der Waals surface area contributed by atoms with E-state index in [1.165, 1.54) is 26.8 Å². The van der Waals surface area contributed by atoms with E-state index in [1.807, 2.05) is 31.2 Å². The second-order valence-electron chi connectivity index (χ2n) is 8.02. The van der Waals surface area contributed by atoms with Crippen molar-refractivity contribution in [3.63, 3.8) is 0 Å². The Morgan fingerprint density at radius 3 is 2.47 bits per heavy atom. The fourth-order valence-electron chi connectivity index (χ4n) is 4.04. The molecule has 0 N–H and O–H groups in total. The van der Waals surface area contributed by atoms with E-state index in [1.54, 1.807) is 27.7 Å². The number of hydrogen-bond donors (Lipinski definition) is 0. The summed E-state index contributed by atoms with van der Waals surface area (Å²) in [6.07, 6.45) is 0.913. The Balaban J connectivity index is 1.62.